The lowest BCUT2D eigenvalue weighted by Crippen LogP contribution is -2.55. The van der Waals surface area contributed by atoms with E-state index >= 15 is 0 Å². The largest absolute Gasteiger partial charge is 0.481 e. The number of hydrogen-bond acceptors (Lipinski definition) is 3. The third-order valence-electron chi connectivity index (χ3n) is 3.28. The van der Waals surface area contributed by atoms with Crippen molar-refractivity contribution in [2.24, 2.45) is 5.92 Å². The number of nitrogens with zero attached hydrogens (tertiary/aromatic N) is 1. The predicted octanol–water partition coefficient (Wildman–Crippen LogP) is 0.698. The quantitative estimate of drug-likeness (QED) is 0.761. The molecule has 1 aliphatic heterocycles. The smallest absolute Gasteiger partial charge is 0.306 e. The zero-order chi connectivity index (χ0) is 13.1. The first kappa shape index (κ1) is 14.0. The van der Waals surface area contributed by atoms with Crippen molar-refractivity contribution in [3.63, 3.8) is 0 Å². The van der Waals surface area contributed by atoms with Gasteiger partial charge >= 0.3 is 5.97 Å². The number of likely N-dealkylation sites (N-methyl/N-ethyl adjacent to an activating group) is 1. The van der Waals surface area contributed by atoms with Gasteiger partial charge in [0.2, 0.25) is 5.91 Å². The molecule has 0 saturated carbocycles. The summed E-state index contributed by atoms with van der Waals surface area (Å²) >= 11 is 0. The number of carboxylic acids is 1. The van der Waals surface area contributed by atoms with Crippen molar-refractivity contribution in [1.29, 1.82) is 0 Å². The first-order valence-electron chi connectivity index (χ1n) is 6.15. The van der Waals surface area contributed by atoms with Crippen LogP contribution in [0.15, 0.2) is 0 Å². The Kier molecular flexibility index (Phi) is 4.51. The molecular formula is C12H22N2O3. The molecular weight excluding hydrogens is 220 g/mol. The molecule has 5 nitrogen and oxygen atoms in total. The number of aliphatic carboxylic acids is 1. The number of rotatable bonds is 4. The highest BCUT2D eigenvalue weighted by molar-refractivity contribution is 5.85. The van der Waals surface area contributed by atoms with Crippen LogP contribution >= 0.6 is 0 Å². The van der Waals surface area contributed by atoms with Crippen molar-refractivity contribution in [1.82, 2.24) is 10.2 Å². The molecule has 2 N–H and O–H groups in total. The Bertz CT molecular complexity index is 294. The molecule has 0 aromatic heterocycles. The van der Waals surface area contributed by atoms with Gasteiger partial charge in [0.05, 0.1) is 11.5 Å². The van der Waals surface area contributed by atoms with E-state index in [0.717, 1.165) is 6.54 Å². The zero-order valence-electron chi connectivity index (χ0n) is 10.8. The standard InChI is InChI=1S/C12H22N2O3/c1-4-13-12(2,3)11(17)14-7-5-9(6-8-14)10(15)16/h9,13H,4-8H2,1-3H3,(H,15,16). The average Bonchev–Trinajstić information content (AvgIpc) is 2.28. The van der Waals surface area contributed by atoms with Crippen LogP contribution < -0.4 is 5.32 Å². The topological polar surface area (TPSA) is 69.6 Å². The van der Waals surface area contributed by atoms with Crippen LogP contribution in [0.25, 0.3) is 0 Å². The molecule has 0 atom stereocenters. The van der Waals surface area contributed by atoms with E-state index in [2.05, 4.69) is 5.32 Å². The molecule has 98 valence electrons. The van der Waals surface area contributed by atoms with Gasteiger partial charge in [-0.15, -0.1) is 0 Å². The Morgan fingerprint density at radius 1 is 1.35 bits per heavy atom. The molecule has 5 heteroatoms. The first-order chi connectivity index (χ1) is 7.88. The molecule has 1 fully saturated rings. The molecule has 1 amide bonds. The number of hydrogen-bond donors (Lipinski definition) is 2. The van der Waals surface area contributed by atoms with Gasteiger partial charge in [0.15, 0.2) is 0 Å². The predicted molar refractivity (Wildman–Crippen MR) is 64.7 cm³/mol. The molecule has 0 radical (unpaired) electrons. The van der Waals surface area contributed by atoms with Crippen LogP contribution in [0, 0.1) is 5.92 Å². The third-order valence-corrected chi connectivity index (χ3v) is 3.28. The molecule has 0 unspecified atom stereocenters. The molecule has 17 heavy (non-hydrogen) atoms. The van der Waals surface area contributed by atoms with E-state index in [1.54, 1.807) is 4.90 Å². The van der Waals surface area contributed by atoms with Gasteiger partial charge < -0.3 is 15.3 Å². The molecule has 1 aliphatic rings. The molecule has 1 saturated heterocycles. The summed E-state index contributed by atoms with van der Waals surface area (Å²) in [6.07, 6.45) is 1.12. The summed E-state index contributed by atoms with van der Waals surface area (Å²) in [6.45, 7) is 7.52. The summed E-state index contributed by atoms with van der Waals surface area (Å²) in [5.74, 6) is -0.979. The van der Waals surface area contributed by atoms with Gasteiger partial charge in [0.1, 0.15) is 0 Å². The van der Waals surface area contributed by atoms with E-state index < -0.39 is 11.5 Å². The Labute approximate surface area is 102 Å². The lowest BCUT2D eigenvalue weighted by atomic mass is 9.94. The summed E-state index contributed by atoms with van der Waals surface area (Å²) in [5, 5.41) is 12.0. The number of piperidine rings is 1. The van der Waals surface area contributed by atoms with E-state index in [1.807, 2.05) is 20.8 Å². The van der Waals surface area contributed by atoms with Gasteiger partial charge in [-0.05, 0) is 33.2 Å². The van der Waals surface area contributed by atoms with Crippen molar-refractivity contribution in [2.75, 3.05) is 19.6 Å². The summed E-state index contributed by atoms with van der Waals surface area (Å²) < 4.78 is 0. The molecule has 0 spiro atoms. The summed E-state index contributed by atoms with van der Waals surface area (Å²) in [4.78, 5) is 24.8. The van der Waals surface area contributed by atoms with Crippen molar-refractivity contribution in [2.45, 2.75) is 39.2 Å². The van der Waals surface area contributed by atoms with Crippen LogP contribution in [0.5, 0.6) is 0 Å². The van der Waals surface area contributed by atoms with E-state index in [-0.39, 0.29) is 11.8 Å². The fraction of sp³-hybridized carbons (Fsp3) is 0.833. The number of amides is 1. The van der Waals surface area contributed by atoms with Gasteiger partial charge in [-0.1, -0.05) is 6.92 Å². The third kappa shape index (κ3) is 3.43. The second kappa shape index (κ2) is 5.49. The fourth-order valence-electron chi connectivity index (χ4n) is 2.24. The minimum absolute atomic E-state index is 0.0585. The zero-order valence-corrected chi connectivity index (χ0v) is 10.8. The first-order valence-corrected chi connectivity index (χ1v) is 6.15. The maximum atomic E-state index is 12.2. The van der Waals surface area contributed by atoms with Crippen LogP contribution in [0.1, 0.15) is 33.6 Å². The number of likely N-dealkylation sites (tertiary alicyclic amines) is 1. The number of carbonyl (C=O) groups excluding carboxylic acids is 1. The van der Waals surface area contributed by atoms with E-state index in [4.69, 9.17) is 5.11 Å². The molecule has 0 aliphatic carbocycles. The summed E-state index contributed by atoms with van der Waals surface area (Å²) in [5.41, 5.74) is -0.565. The van der Waals surface area contributed by atoms with Crippen LogP contribution in [0.3, 0.4) is 0 Å². The molecule has 0 aromatic carbocycles. The van der Waals surface area contributed by atoms with Crippen LogP contribution in [-0.4, -0.2) is 47.1 Å². The molecule has 0 aromatic rings. The minimum atomic E-state index is -0.747. The monoisotopic (exact) mass is 242 g/mol. The van der Waals surface area contributed by atoms with E-state index in [0.29, 0.717) is 25.9 Å². The molecule has 1 rings (SSSR count). The van der Waals surface area contributed by atoms with Gasteiger partial charge in [0.25, 0.3) is 0 Å². The highest BCUT2D eigenvalue weighted by Gasteiger charge is 2.34. The number of carboxylic acid groups (broad SMARTS) is 1. The van der Waals surface area contributed by atoms with Crippen molar-refractivity contribution in [3.8, 4) is 0 Å². The highest BCUT2D eigenvalue weighted by Crippen LogP contribution is 2.20. The van der Waals surface area contributed by atoms with E-state index in [1.165, 1.54) is 0 Å². The van der Waals surface area contributed by atoms with Crippen molar-refractivity contribution >= 4 is 11.9 Å². The lowest BCUT2D eigenvalue weighted by molar-refractivity contribution is -0.147. The van der Waals surface area contributed by atoms with Crippen LogP contribution in [0.4, 0.5) is 0 Å². The Hall–Kier alpha value is -1.10. The summed E-state index contributed by atoms with van der Waals surface area (Å²) in [7, 11) is 0. The highest BCUT2D eigenvalue weighted by atomic mass is 16.4. The second-order valence-corrected chi connectivity index (χ2v) is 5.06. The maximum absolute atomic E-state index is 12.2. The Balaban J connectivity index is 2.54. The van der Waals surface area contributed by atoms with Crippen molar-refractivity contribution in [3.05, 3.63) is 0 Å². The maximum Gasteiger partial charge on any atom is 0.306 e. The fourth-order valence-corrected chi connectivity index (χ4v) is 2.24. The van der Waals surface area contributed by atoms with E-state index in [9.17, 15) is 9.59 Å². The van der Waals surface area contributed by atoms with Gasteiger partial charge in [-0.25, -0.2) is 0 Å². The molecule has 0 bridgehead atoms. The van der Waals surface area contributed by atoms with Gasteiger partial charge in [-0.3, -0.25) is 9.59 Å². The van der Waals surface area contributed by atoms with Crippen LogP contribution in [0.2, 0.25) is 0 Å². The summed E-state index contributed by atoms with van der Waals surface area (Å²) in [6, 6.07) is 0. The van der Waals surface area contributed by atoms with Gasteiger partial charge in [0, 0.05) is 13.1 Å². The lowest BCUT2D eigenvalue weighted by Gasteiger charge is -2.36. The average molecular weight is 242 g/mol. The normalized spacial score (nSPS) is 18.2. The second-order valence-electron chi connectivity index (χ2n) is 5.06. The van der Waals surface area contributed by atoms with Crippen LogP contribution in [-0.2, 0) is 9.59 Å². The van der Waals surface area contributed by atoms with Gasteiger partial charge in [-0.2, -0.15) is 0 Å². The number of carbonyl (C=O) groups is 2. The van der Waals surface area contributed by atoms with Crippen molar-refractivity contribution < 1.29 is 14.7 Å². The Morgan fingerprint density at radius 3 is 2.29 bits per heavy atom. The minimum Gasteiger partial charge on any atom is -0.481 e. The molecule has 1 heterocycles. The number of nitrogens with one attached hydrogen (secondary N) is 1. The SMILES string of the molecule is CCNC(C)(C)C(=O)N1CCC(C(=O)O)CC1. The Morgan fingerprint density at radius 2 is 1.88 bits per heavy atom.